The van der Waals surface area contributed by atoms with Crippen LogP contribution in [0.1, 0.15) is 12.8 Å². The molecule has 0 spiro atoms. The molecule has 0 aliphatic carbocycles. The van der Waals surface area contributed by atoms with E-state index in [2.05, 4.69) is 9.97 Å². The summed E-state index contributed by atoms with van der Waals surface area (Å²) < 4.78 is 10.8. The summed E-state index contributed by atoms with van der Waals surface area (Å²) in [6, 6.07) is 2.24. The fraction of sp³-hybridized carbons (Fsp3) is 0.556. The van der Waals surface area contributed by atoms with Crippen LogP contribution in [0.4, 0.5) is 0 Å². The Balaban J connectivity index is 1.90. The van der Waals surface area contributed by atoms with E-state index in [0.29, 0.717) is 6.01 Å². The average molecular weight is 180 g/mol. The van der Waals surface area contributed by atoms with Gasteiger partial charge in [-0.2, -0.15) is 0 Å². The molecular weight excluding hydrogens is 168 g/mol. The van der Waals surface area contributed by atoms with Crippen molar-refractivity contribution in [3.05, 3.63) is 18.5 Å². The summed E-state index contributed by atoms with van der Waals surface area (Å²) in [6.07, 6.45) is 5.44. The molecule has 4 nitrogen and oxygen atoms in total. The quantitative estimate of drug-likeness (QED) is 0.682. The molecule has 4 heteroatoms. The number of hydrogen-bond acceptors (Lipinski definition) is 4. The van der Waals surface area contributed by atoms with Crippen molar-refractivity contribution in [2.45, 2.75) is 18.9 Å². The Kier molecular flexibility index (Phi) is 2.72. The van der Waals surface area contributed by atoms with E-state index in [-0.39, 0.29) is 6.10 Å². The maximum absolute atomic E-state index is 5.55. The predicted octanol–water partition coefficient (Wildman–Crippen LogP) is 1.03. The minimum atomic E-state index is 0.219. The topological polar surface area (TPSA) is 44.2 Å². The highest BCUT2D eigenvalue weighted by Gasteiger charge is 2.15. The van der Waals surface area contributed by atoms with Crippen LogP contribution in [-0.2, 0) is 4.74 Å². The molecule has 70 valence electrons. The normalized spacial score (nSPS) is 18.5. The van der Waals surface area contributed by atoms with Crippen molar-refractivity contribution in [2.75, 3.05) is 13.2 Å². The van der Waals surface area contributed by atoms with Crippen molar-refractivity contribution in [3.63, 3.8) is 0 Å². The van der Waals surface area contributed by atoms with Gasteiger partial charge in [0.05, 0.1) is 13.2 Å². The Hall–Kier alpha value is -1.16. The molecule has 1 aromatic heterocycles. The maximum atomic E-state index is 5.55. The van der Waals surface area contributed by atoms with Crippen LogP contribution in [-0.4, -0.2) is 29.3 Å². The predicted molar refractivity (Wildman–Crippen MR) is 46.5 cm³/mol. The molecule has 2 heterocycles. The molecule has 1 aromatic rings. The molecule has 1 fully saturated rings. The second-order valence-electron chi connectivity index (χ2n) is 2.96. The Morgan fingerprint density at radius 3 is 2.62 bits per heavy atom. The van der Waals surface area contributed by atoms with E-state index < -0.39 is 0 Å². The van der Waals surface area contributed by atoms with Gasteiger partial charge in [-0.05, 0) is 6.07 Å². The zero-order valence-corrected chi connectivity index (χ0v) is 7.35. The van der Waals surface area contributed by atoms with Gasteiger partial charge in [-0.1, -0.05) is 0 Å². The van der Waals surface area contributed by atoms with Crippen LogP contribution >= 0.6 is 0 Å². The van der Waals surface area contributed by atoms with Gasteiger partial charge < -0.3 is 9.47 Å². The van der Waals surface area contributed by atoms with Crippen LogP contribution in [0.3, 0.4) is 0 Å². The SMILES string of the molecule is c1cnc(OC2CCOCC2)nc1. The first-order valence-electron chi connectivity index (χ1n) is 4.46. The first kappa shape index (κ1) is 8.44. The number of nitrogens with zero attached hydrogens (tertiary/aromatic N) is 2. The van der Waals surface area contributed by atoms with E-state index in [1.807, 2.05) is 0 Å². The Labute approximate surface area is 76.9 Å². The van der Waals surface area contributed by atoms with Crippen LogP contribution in [0.5, 0.6) is 6.01 Å². The van der Waals surface area contributed by atoms with Crippen LogP contribution in [0, 0.1) is 0 Å². The molecule has 0 unspecified atom stereocenters. The lowest BCUT2D eigenvalue weighted by Crippen LogP contribution is -2.26. The third kappa shape index (κ3) is 2.39. The van der Waals surface area contributed by atoms with Gasteiger partial charge in [0, 0.05) is 25.2 Å². The van der Waals surface area contributed by atoms with E-state index in [0.717, 1.165) is 26.1 Å². The summed E-state index contributed by atoms with van der Waals surface area (Å²) in [7, 11) is 0. The van der Waals surface area contributed by atoms with Gasteiger partial charge in [0.2, 0.25) is 0 Å². The molecule has 0 radical (unpaired) electrons. The van der Waals surface area contributed by atoms with Crippen molar-refractivity contribution in [3.8, 4) is 6.01 Å². The zero-order chi connectivity index (χ0) is 8.93. The lowest BCUT2D eigenvalue weighted by molar-refractivity contribution is 0.0217. The number of rotatable bonds is 2. The summed E-state index contributed by atoms with van der Waals surface area (Å²) in [6.45, 7) is 1.55. The van der Waals surface area contributed by atoms with Gasteiger partial charge in [-0.3, -0.25) is 0 Å². The lowest BCUT2D eigenvalue weighted by Gasteiger charge is -2.21. The van der Waals surface area contributed by atoms with Gasteiger partial charge in [-0.25, -0.2) is 9.97 Å². The number of ether oxygens (including phenoxy) is 2. The summed E-state index contributed by atoms with van der Waals surface area (Å²) in [5.41, 5.74) is 0. The Morgan fingerprint density at radius 1 is 1.23 bits per heavy atom. The molecule has 0 amide bonds. The fourth-order valence-corrected chi connectivity index (χ4v) is 1.29. The van der Waals surface area contributed by atoms with E-state index in [1.165, 1.54) is 0 Å². The summed E-state index contributed by atoms with van der Waals surface area (Å²) >= 11 is 0. The molecule has 1 aliphatic heterocycles. The highest BCUT2D eigenvalue weighted by molar-refractivity contribution is 4.94. The molecule has 0 saturated carbocycles. The van der Waals surface area contributed by atoms with Gasteiger partial charge in [0.25, 0.3) is 0 Å². The van der Waals surface area contributed by atoms with Crippen LogP contribution in [0.15, 0.2) is 18.5 Å². The van der Waals surface area contributed by atoms with Crippen molar-refractivity contribution in [1.82, 2.24) is 9.97 Å². The van der Waals surface area contributed by atoms with Gasteiger partial charge in [0.15, 0.2) is 0 Å². The Morgan fingerprint density at radius 2 is 1.92 bits per heavy atom. The highest BCUT2D eigenvalue weighted by Crippen LogP contribution is 2.12. The lowest BCUT2D eigenvalue weighted by atomic mass is 10.2. The summed E-state index contributed by atoms with van der Waals surface area (Å²) in [4.78, 5) is 8.00. The van der Waals surface area contributed by atoms with Crippen molar-refractivity contribution >= 4 is 0 Å². The highest BCUT2D eigenvalue weighted by atomic mass is 16.5. The zero-order valence-electron chi connectivity index (χ0n) is 7.35. The van der Waals surface area contributed by atoms with Crippen molar-refractivity contribution in [1.29, 1.82) is 0 Å². The molecule has 2 rings (SSSR count). The van der Waals surface area contributed by atoms with E-state index in [1.54, 1.807) is 18.5 Å². The second kappa shape index (κ2) is 4.18. The molecule has 0 N–H and O–H groups in total. The summed E-state index contributed by atoms with van der Waals surface area (Å²) in [5.74, 6) is 0. The van der Waals surface area contributed by atoms with Crippen LogP contribution < -0.4 is 4.74 Å². The molecule has 1 saturated heterocycles. The Bertz CT molecular complexity index is 247. The smallest absolute Gasteiger partial charge is 0.316 e. The minimum Gasteiger partial charge on any atom is -0.460 e. The van der Waals surface area contributed by atoms with Crippen molar-refractivity contribution < 1.29 is 9.47 Å². The largest absolute Gasteiger partial charge is 0.460 e. The van der Waals surface area contributed by atoms with E-state index >= 15 is 0 Å². The third-order valence-electron chi connectivity index (χ3n) is 1.98. The van der Waals surface area contributed by atoms with Gasteiger partial charge in [-0.15, -0.1) is 0 Å². The molecule has 1 aliphatic rings. The molecule has 0 atom stereocenters. The van der Waals surface area contributed by atoms with Crippen molar-refractivity contribution in [2.24, 2.45) is 0 Å². The van der Waals surface area contributed by atoms with E-state index in [4.69, 9.17) is 9.47 Å². The first-order valence-corrected chi connectivity index (χ1v) is 4.46. The van der Waals surface area contributed by atoms with Crippen LogP contribution in [0.2, 0.25) is 0 Å². The maximum Gasteiger partial charge on any atom is 0.316 e. The van der Waals surface area contributed by atoms with Crippen LogP contribution in [0.25, 0.3) is 0 Å². The van der Waals surface area contributed by atoms with Gasteiger partial charge >= 0.3 is 6.01 Å². The fourth-order valence-electron chi connectivity index (χ4n) is 1.29. The molecule has 0 bridgehead atoms. The molecular formula is C9H12N2O2. The monoisotopic (exact) mass is 180 g/mol. The number of hydrogen-bond donors (Lipinski definition) is 0. The third-order valence-corrected chi connectivity index (χ3v) is 1.98. The first-order chi connectivity index (χ1) is 6.45. The summed E-state index contributed by atoms with van der Waals surface area (Å²) in [5, 5.41) is 0. The standard InChI is InChI=1S/C9H12N2O2/c1-4-10-9(11-5-1)13-8-2-6-12-7-3-8/h1,4-5,8H,2-3,6-7H2. The van der Waals surface area contributed by atoms with E-state index in [9.17, 15) is 0 Å². The molecule has 0 aromatic carbocycles. The second-order valence-corrected chi connectivity index (χ2v) is 2.96. The average Bonchev–Trinajstić information content (AvgIpc) is 2.21. The minimum absolute atomic E-state index is 0.219. The number of aromatic nitrogens is 2. The van der Waals surface area contributed by atoms with Gasteiger partial charge in [0.1, 0.15) is 6.10 Å². The molecule has 13 heavy (non-hydrogen) atoms.